The van der Waals surface area contributed by atoms with E-state index >= 15 is 0 Å². The van der Waals surface area contributed by atoms with Gasteiger partial charge in [-0.05, 0) is 47.2 Å². The summed E-state index contributed by atoms with van der Waals surface area (Å²) in [7, 11) is 0. The van der Waals surface area contributed by atoms with Crippen molar-refractivity contribution in [2.75, 3.05) is 0 Å². The third kappa shape index (κ3) is 2.83. The highest BCUT2D eigenvalue weighted by Gasteiger charge is 2.12. The molecule has 0 aliphatic rings. The van der Waals surface area contributed by atoms with Gasteiger partial charge in [0.15, 0.2) is 0 Å². The van der Waals surface area contributed by atoms with Crippen LogP contribution < -0.4 is 11.3 Å². The van der Waals surface area contributed by atoms with Gasteiger partial charge in [0, 0.05) is 11.2 Å². The minimum absolute atomic E-state index is 0.0372. The van der Waals surface area contributed by atoms with Crippen LogP contribution in [0.25, 0.3) is 10.2 Å². The number of hydrogen-bond donors (Lipinski definition) is 2. The van der Waals surface area contributed by atoms with Gasteiger partial charge in [0.05, 0.1) is 16.3 Å². The van der Waals surface area contributed by atoms with Gasteiger partial charge in [-0.1, -0.05) is 23.7 Å². The first kappa shape index (κ1) is 13.5. The fourth-order valence-corrected chi connectivity index (χ4v) is 3.10. The average molecular weight is 304 g/mol. The molecule has 1 atom stereocenters. The number of halogens is 1. The molecule has 0 radical (unpaired) electrons. The van der Waals surface area contributed by atoms with Crippen LogP contribution in [0.15, 0.2) is 48.0 Å². The molecule has 3 N–H and O–H groups in total. The number of nitrogens with two attached hydrogens (primary N) is 1. The first-order valence-corrected chi connectivity index (χ1v) is 7.56. The van der Waals surface area contributed by atoms with Gasteiger partial charge in [-0.15, -0.1) is 11.3 Å². The van der Waals surface area contributed by atoms with Crippen molar-refractivity contribution < 1.29 is 0 Å². The van der Waals surface area contributed by atoms with E-state index in [0.29, 0.717) is 0 Å². The Bertz CT molecular complexity index is 708. The second-order valence-corrected chi connectivity index (χ2v) is 6.01. The molecule has 5 heteroatoms. The van der Waals surface area contributed by atoms with Crippen molar-refractivity contribution in [1.29, 1.82) is 0 Å². The topological polar surface area (TPSA) is 50.9 Å². The molecule has 2 heterocycles. The number of nitrogens with one attached hydrogen (secondary N) is 1. The van der Waals surface area contributed by atoms with Gasteiger partial charge in [0.1, 0.15) is 0 Å². The Kier molecular flexibility index (Phi) is 3.98. The van der Waals surface area contributed by atoms with E-state index in [0.717, 1.165) is 22.5 Å². The minimum Gasteiger partial charge on any atom is -0.271 e. The summed E-state index contributed by atoms with van der Waals surface area (Å²) in [5, 5.41) is 2.79. The predicted molar refractivity (Wildman–Crippen MR) is 84.8 cm³/mol. The SMILES string of the molecule is NNC(Cc1ccc(Cl)cc1)c1cnc2ccsc2c1. The molecule has 0 bridgehead atoms. The van der Waals surface area contributed by atoms with Crippen molar-refractivity contribution in [2.24, 2.45) is 5.84 Å². The second kappa shape index (κ2) is 5.89. The molecule has 1 unspecified atom stereocenters. The molecule has 3 nitrogen and oxygen atoms in total. The van der Waals surface area contributed by atoms with Gasteiger partial charge in [0.25, 0.3) is 0 Å². The number of rotatable bonds is 4. The highest BCUT2D eigenvalue weighted by molar-refractivity contribution is 7.17. The van der Waals surface area contributed by atoms with Crippen LogP contribution in [-0.2, 0) is 6.42 Å². The quantitative estimate of drug-likeness (QED) is 0.571. The van der Waals surface area contributed by atoms with Crippen molar-refractivity contribution in [3.8, 4) is 0 Å². The van der Waals surface area contributed by atoms with E-state index in [1.807, 2.05) is 41.9 Å². The zero-order chi connectivity index (χ0) is 13.9. The molecule has 20 heavy (non-hydrogen) atoms. The maximum Gasteiger partial charge on any atom is 0.0809 e. The van der Waals surface area contributed by atoms with Crippen molar-refractivity contribution in [1.82, 2.24) is 10.4 Å². The van der Waals surface area contributed by atoms with E-state index in [-0.39, 0.29) is 6.04 Å². The number of benzene rings is 1. The number of thiophene rings is 1. The zero-order valence-electron chi connectivity index (χ0n) is 10.7. The Morgan fingerprint density at radius 1 is 1.25 bits per heavy atom. The van der Waals surface area contributed by atoms with E-state index in [9.17, 15) is 0 Å². The van der Waals surface area contributed by atoms with Crippen LogP contribution in [0.1, 0.15) is 17.2 Å². The molecule has 3 aromatic rings. The van der Waals surface area contributed by atoms with Crippen molar-refractivity contribution >= 4 is 33.2 Å². The van der Waals surface area contributed by atoms with E-state index < -0.39 is 0 Å². The highest BCUT2D eigenvalue weighted by atomic mass is 35.5. The second-order valence-electron chi connectivity index (χ2n) is 4.62. The van der Waals surface area contributed by atoms with E-state index in [2.05, 4.69) is 16.5 Å². The normalized spacial score (nSPS) is 12.7. The van der Waals surface area contributed by atoms with Gasteiger partial charge in [-0.3, -0.25) is 16.3 Å². The van der Waals surface area contributed by atoms with E-state index in [4.69, 9.17) is 17.4 Å². The lowest BCUT2D eigenvalue weighted by Gasteiger charge is -2.16. The molecule has 0 saturated carbocycles. The van der Waals surface area contributed by atoms with Crippen LogP contribution >= 0.6 is 22.9 Å². The zero-order valence-corrected chi connectivity index (χ0v) is 12.3. The smallest absolute Gasteiger partial charge is 0.0809 e. The first-order chi connectivity index (χ1) is 9.76. The summed E-state index contributed by atoms with van der Waals surface area (Å²) < 4.78 is 1.18. The molecule has 0 saturated heterocycles. The summed E-state index contributed by atoms with van der Waals surface area (Å²) >= 11 is 7.59. The molecule has 0 fully saturated rings. The minimum atomic E-state index is 0.0372. The van der Waals surface area contributed by atoms with Crippen LogP contribution in [0, 0.1) is 0 Å². The standard InChI is InChI=1S/C15H14ClN3S/c16-12-3-1-10(2-4-12)7-14(19-17)11-8-15-13(18-9-11)5-6-20-15/h1-6,8-9,14,19H,7,17H2. The highest BCUT2D eigenvalue weighted by Crippen LogP contribution is 2.24. The van der Waals surface area contributed by atoms with Crippen molar-refractivity contribution in [3.63, 3.8) is 0 Å². The molecule has 0 spiro atoms. The summed E-state index contributed by atoms with van der Waals surface area (Å²) in [6.07, 6.45) is 2.68. The number of hydrazine groups is 1. The van der Waals surface area contributed by atoms with Crippen LogP contribution in [-0.4, -0.2) is 4.98 Å². The van der Waals surface area contributed by atoms with Gasteiger partial charge in [0.2, 0.25) is 0 Å². The average Bonchev–Trinajstić information content (AvgIpc) is 2.94. The lowest BCUT2D eigenvalue weighted by molar-refractivity contribution is 0.551. The molecule has 2 aromatic heterocycles. The number of pyridine rings is 1. The molecule has 0 aliphatic carbocycles. The van der Waals surface area contributed by atoms with E-state index in [1.54, 1.807) is 11.3 Å². The molecule has 0 aliphatic heterocycles. The van der Waals surface area contributed by atoms with Crippen LogP contribution in [0.3, 0.4) is 0 Å². The molecular weight excluding hydrogens is 290 g/mol. The Morgan fingerprint density at radius 2 is 2.05 bits per heavy atom. The van der Waals surface area contributed by atoms with Gasteiger partial charge in [-0.25, -0.2) is 0 Å². The van der Waals surface area contributed by atoms with Crippen LogP contribution in [0.2, 0.25) is 5.02 Å². The van der Waals surface area contributed by atoms with Crippen molar-refractivity contribution in [3.05, 3.63) is 64.1 Å². The first-order valence-electron chi connectivity index (χ1n) is 6.30. The summed E-state index contributed by atoms with van der Waals surface area (Å²) in [5.41, 5.74) is 6.18. The molecule has 3 rings (SSSR count). The van der Waals surface area contributed by atoms with Gasteiger partial charge >= 0.3 is 0 Å². The lowest BCUT2D eigenvalue weighted by Crippen LogP contribution is -2.29. The lowest BCUT2D eigenvalue weighted by atomic mass is 10.0. The number of nitrogens with zero attached hydrogens (tertiary/aromatic N) is 1. The molecule has 102 valence electrons. The Morgan fingerprint density at radius 3 is 2.80 bits per heavy atom. The summed E-state index contributed by atoms with van der Waals surface area (Å²) in [6.45, 7) is 0. The monoisotopic (exact) mass is 303 g/mol. The molecule has 0 amide bonds. The number of fused-ring (bicyclic) bond motifs is 1. The van der Waals surface area contributed by atoms with Crippen LogP contribution in [0.4, 0.5) is 0 Å². The predicted octanol–water partition coefficient (Wildman–Crippen LogP) is 3.70. The Hall–Kier alpha value is -1.46. The number of hydrogen-bond acceptors (Lipinski definition) is 4. The fourth-order valence-electron chi connectivity index (χ4n) is 2.18. The Labute approximate surface area is 126 Å². The summed E-state index contributed by atoms with van der Waals surface area (Å²) in [5.74, 6) is 5.70. The van der Waals surface area contributed by atoms with Gasteiger partial charge < -0.3 is 0 Å². The third-order valence-corrected chi connectivity index (χ3v) is 4.39. The summed E-state index contributed by atoms with van der Waals surface area (Å²) in [4.78, 5) is 4.46. The fraction of sp³-hybridized carbons (Fsp3) is 0.133. The Balaban J connectivity index is 1.86. The van der Waals surface area contributed by atoms with E-state index in [1.165, 1.54) is 10.3 Å². The molecular formula is C15H14ClN3S. The van der Waals surface area contributed by atoms with Crippen LogP contribution in [0.5, 0.6) is 0 Å². The maximum atomic E-state index is 5.90. The summed E-state index contributed by atoms with van der Waals surface area (Å²) in [6, 6.07) is 12.0. The largest absolute Gasteiger partial charge is 0.271 e. The maximum absolute atomic E-state index is 5.90. The number of aromatic nitrogens is 1. The van der Waals surface area contributed by atoms with Crippen molar-refractivity contribution in [2.45, 2.75) is 12.5 Å². The van der Waals surface area contributed by atoms with Gasteiger partial charge in [-0.2, -0.15) is 0 Å². The third-order valence-electron chi connectivity index (χ3n) is 3.28. The molecule has 1 aromatic carbocycles.